The number of nitrogens with zero attached hydrogens (tertiary/aromatic N) is 2. The summed E-state index contributed by atoms with van der Waals surface area (Å²) in [6.07, 6.45) is 1.52. The highest BCUT2D eigenvalue weighted by molar-refractivity contribution is 6.31. The number of amides is 2. The van der Waals surface area contributed by atoms with E-state index in [0.717, 1.165) is 11.3 Å². The van der Waals surface area contributed by atoms with Gasteiger partial charge in [0.25, 0.3) is 0 Å². The normalized spacial score (nSPS) is 18.9. The van der Waals surface area contributed by atoms with Crippen molar-refractivity contribution in [2.75, 3.05) is 19.7 Å². The maximum Gasteiger partial charge on any atom is 0.318 e. The summed E-state index contributed by atoms with van der Waals surface area (Å²) < 4.78 is 5.80. The second kappa shape index (κ2) is 7.64. The van der Waals surface area contributed by atoms with Gasteiger partial charge >= 0.3 is 6.03 Å². The molecule has 2 heterocycles. The summed E-state index contributed by atoms with van der Waals surface area (Å²) in [5.74, 6) is 0. The van der Waals surface area contributed by atoms with Crippen LogP contribution in [0.25, 0.3) is 0 Å². The second-order valence-corrected chi connectivity index (χ2v) is 6.16. The van der Waals surface area contributed by atoms with Gasteiger partial charge in [-0.25, -0.2) is 4.79 Å². The summed E-state index contributed by atoms with van der Waals surface area (Å²) in [6.45, 7) is 3.44. The molecule has 0 radical (unpaired) electrons. The maximum atomic E-state index is 12.5. The molecule has 2 aromatic rings. The van der Waals surface area contributed by atoms with Crippen LogP contribution in [0.4, 0.5) is 4.79 Å². The summed E-state index contributed by atoms with van der Waals surface area (Å²) >= 11 is 6.24. The van der Waals surface area contributed by atoms with Gasteiger partial charge in [0.2, 0.25) is 0 Å². The zero-order chi connectivity index (χ0) is 16.9. The molecule has 6 heteroatoms. The Morgan fingerprint density at radius 3 is 2.88 bits per heavy atom. The number of carbonyl (C=O) groups is 1. The van der Waals surface area contributed by atoms with Crippen molar-refractivity contribution in [3.63, 3.8) is 0 Å². The molecule has 1 N–H and O–H groups in total. The number of halogens is 1. The van der Waals surface area contributed by atoms with E-state index in [4.69, 9.17) is 16.3 Å². The Morgan fingerprint density at radius 1 is 1.33 bits per heavy atom. The molecule has 1 fully saturated rings. The van der Waals surface area contributed by atoms with Crippen LogP contribution in [-0.4, -0.2) is 35.6 Å². The summed E-state index contributed by atoms with van der Waals surface area (Å²) in [5, 5.41) is 3.65. The van der Waals surface area contributed by atoms with Crippen LogP contribution >= 0.6 is 11.6 Å². The summed E-state index contributed by atoms with van der Waals surface area (Å²) in [6, 6.07) is 13.0. The number of carbonyl (C=O) groups excluding carboxylic acids is 1. The van der Waals surface area contributed by atoms with Gasteiger partial charge < -0.3 is 15.0 Å². The van der Waals surface area contributed by atoms with Crippen LogP contribution in [-0.2, 0) is 4.74 Å². The van der Waals surface area contributed by atoms with E-state index in [2.05, 4.69) is 10.3 Å². The van der Waals surface area contributed by atoms with Gasteiger partial charge in [0.15, 0.2) is 0 Å². The fourth-order valence-corrected chi connectivity index (χ4v) is 3.00. The second-order valence-electron chi connectivity index (χ2n) is 5.75. The van der Waals surface area contributed by atoms with Crippen LogP contribution < -0.4 is 5.32 Å². The van der Waals surface area contributed by atoms with E-state index >= 15 is 0 Å². The number of urea groups is 1. The Kier molecular flexibility index (Phi) is 5.33. The number of benzene rings is 1. The van der Waals surface area contributed by atoms with E-state index in [0.29, 0.717) is 24.7 Å². The zero-order valence-corrected chi connectivity index (χ0v) is 14.2. The average molecular weight is 346 g/mol. The van der Waals surface area contributed by atoms with Crippen LogP contribution in [0.1, 0.15) is 30.3 Å². The van der Waals surface area contributed by atoms with E-state index in [9.17, 15) is 4.79 Å². The molecule has 0 aliphatic carbocycles. The van der Waals surface area contributed by atoms with Crippen molar-refractivity contribution >= 4 is 17.6 Å². The fourth-order valence-electron chi connectivity index (χ4n) is 2.74. The van der Waals surface area contributed by atoms with Crippen LogP contribution in [0.3, 0.4) is 0 Å². The third-order valence-corrected chi connectivity index (χ3v) is 4.42. The lowest BCUT2D eigenvalue weighted by molar-refractivity contribution is -0.0157. The molecule has 2 amide bonds. The van der Waals surface area contributed by atoms with E-state index < -0.39 is 0 Å². The van der Waals surface area contributed by atoms with Gasteiger partial charge in [0, 0.05) is 23.3 Å². The molecule has 0 bridgehead atoms. The fraction of sp³-hybridized carbons (Fsp3) is 0.333. The van der Waals surface area contributed by atoms with E-state index in [1.807, 2.05) is 49.4 Å². The van der Waals surface area contributed by atoms with Crippen molar-refractivity contribution in [2.45, 2.75) is 19.1 Å². The molecule has 1 saturated heterocycles. The minimum absolute atomic E-state index is 0.117. The van der Waals surface area contributed by atoms with Gasteiger partial charge in [-0.2, -0.15) is 0 Å². The summed E-state index contributed by atoms with van der Waals surface area (Å²) in [7, 11) is 0. The topological polar surface area (TPSA) is 54.5 Å². The van der Waals surface area contributed by atoms with Gasteiger partial charge in [-0.3, -0.25) is 4.98 Å². The highest BCUT2D eigenvalue weighted by Crippen LogP contribution is 2.28. The molecule has 0 spiro atoms. The van der Waals surface area contributed by atoms with Crippen LogP contribution in [0, 0.1) is 0 Å². The van der Waals surface area contributed by atoms with Crippen LogP contribution in [0.15, 0.2) is 48.7 Å². The zero-order valence-electron chi connectivity index (χ0n) is 13.5. The quantitative estimate of drug-likeness (QED) is 0.925. The number of ether oxygens (including phenoxy) is 1. The van der Waals surface area contributed by atoms with Crippen molar-refractivity contribution in [1.82, 2.24) is 15.2 Å². The monoisotopic (exact) mass is 345 g/mol. The van der Waals surface area contributed by atoms with E-state index in [-0.39, 0.29) is 18.2 Å². The smallest absolute Gasteiger partial charge is 0.318 e. The Hall–Kier alpha value is -2.11. The Morgan fingerprint density at radius 2 is 2.12 bits per heavy atom. The highest BCUT2D eigenvalue weighted by Gasteiger charge is 2.27. The SMILES string of the molecule is C[C@H](NC(=O)N1CCO[C@@H](c2ccccc2Cl)C1)c1ccccn1. The van der Waals surface area contributed by atoms with Crippen molar-refractivity contribution in [3.8, 4) is 0 Å². The number of morpholine rings is 1. The highest BCUT2D eigenvalue weighted by atomic mass is 35.5. The first-order valence-electron chi connectivity index (χ1n) is 7.97. The summed E-state index contributed by atoms with van der Waals surface area (Å²) in [4.78, 5) is 18.6. The molecule has 2 atom stereocenters. The molecular formula is C18H20ClN3O2. The van der Waals surface area contributed by atoms with Crippen LogP contribution in [0.2, 0.25) is 5.02 Å². The molecule has 126 valence electrons. The first-order valence-corrected chi connectivity index (χ1v) is 8.35. The number of pyridine rings is 1. The average Bonchev–Trinajstić information content (AvgIpc) is 2.63. The van der Waals surface area contributed by atoms with E-state index in [1.165, 1.54) is 0 Å². The van der Waals surface area contributed by atoms with Gasteiger partial charge in [-0.1, -0.05) is 35.9 Å². The molecule has 1 aromatic carbocycles. The largest absolute Gasteiger partial charge is 0.370 e. The molecule has 0 unspecified atom stereocenters. The number of hydrogen-bond acceptors (Lipinski definition) is 3. The number of hydrogen-bond donors (Lipinski definition) is 1. The first-order chi connectivity index (χ1) is 11.6. The molecule has 1 aromatic heterocycles. The molecule has 0 saturated carbocycles. The molecule has 3 rings (SSSR count). The third-order valence-electron chi connectivity index (χ3n) is 4.08. The van der Waals surface area contributed by atoms with E-state index in [1.54, 1.807) is 11.1 Å². The van der Waals surface area contributed by atoms with Crippen molar-refractivity contribution in [1.29, 1.82) is 0 Å². The maximum absolute atomic E-state index is 12.5. The number of nitrogens with one attached hydrogen (secondary N) is 1. The lowest BCUT2D eigenvalue weighted by Crippen LogP contribution is -2.47. The van der Waals surface area contributed by atoms with Crippen molar-refractivity contribution < 1.29 is 9.53 Å². The summed E-state index contributed by atoms with van der Waals surface area (Å²) in [5.41, 5.74) is 1.75. The molecule has 1 aliphatic heterocycles. The van der Waals surface area contributed by atoms with Gasteiger partial charge in [0.1, 0.15) is 6.10 Å². The molecule has 24 heavy (non-hydrogen) atoms. The van der Waals surface area contributed by atoms with Gasteiger partial charge in [-0.05, 0) is 25.1 Å². The predicted octanol–water partition coefficient (Wildman–Crippen LogP) is 3.58. The lowest BCUT2D eigenvalue weighted by atomic mass is 10.1. The standard InChI is InChI=1S/C18H20ClN3O2/c1-13(16-8-4-5-9-20-16)21-18(23)22-10-11-24-17(12-22)14-6-2-3-7-15(14)19/h2-9,13,17H,10-12H2,1H3,(H,21,23)/t13-,17+/m0/s1. The lowest BCUT2D eigenvalue weighted by Gasteiger charge is -2.34. The Balaban J connectivity index is 1.64. The number of rotatable bonds is 3. The molecule has 1 aliphatic rings. The molecular weight excluding hydrogens is 326 g/mol. The first kappa shape index (κ1) is 16.7. The van der Waals surface area contributed by atoms with Gasteiger partial charge in [0.05, 0.1) is 24.9 Å². The predicted molar refractivity (Wildman–Crippen MR) is 92.9 cm³/mol. The van der Waals surface area contributed by atoms with Crippen molar-refractivity contribution in [2.24, 2.45) is 0 Å². The Bertz CT molecular complexity index is 696. The van der Waals surface area contributed by atoms with Crippen LogP contribution in [0.5, 0.6) is 0 Å². The minimum atomic E-state index is -0.205. The third kappa shape index (κ3) is 3.86. The van der Waals surface area contributed by atoms with Gasteiger partial charge in [-0.15, -0.1) is 0 Å². The molecule has 5 nitrogen and oxygen atoms in total. The number of aromatic nitrogens is 1. The van der Waals surface area contributed by atoms with Crippen molar-refractivity contribution in [3.05, 3.63) is 64.9 Å². The Labute approximate surface area is 146 Å². The minimum Gasteiger partial charge on any atom is -0.370 e.